The maximum absolute atomic E-state index is 11.5. The molecule has 1 aromatic rings. The van der Waals surface area contributed by atoms with Gasteiger partial charge in [0.05, 0.1) is 24.4 Å². The summed E-state index contributed by atoms with van der Waals surface area (Å²) in [5.74, 6) is -0.143. The second-order valence-corrected chi connectivity index (χ2v) is 4.32. The summed E-state index contributed by atoms with van der Waals surface area (Å²) in [7, 11) is 1.57. The van der Waals surface area contributed by atoms with Crippen molar-refractivity contribution in [3.05, 3.63) is 28.2 Å². The average molecular weight is 312 g/mol. The summed E-state index contributed by atoms with van der Waals surface area (Å²) in [6.45, 7) is 1.07. The van der Waals surface area contributed by atoms with Crippen LogP contribution < -0.4 is 10.6 Å². The maximum atomic E-state index is 11.5. The van der Waals surface area contributed by atoms with Crippen molar-refractivity contribution in [2.24, 2.45) is 0 Å². The highest BCUT2D eigenvalue weighted by molar-refractivity contribution is 9.10. The highest BCUT2D eigenvalue weighted by Crippen LogP contribution is 2.23. The molecule has 2 N–H and O–H groups in total. The third-order valence-corrected chi connectivity index (χ3v) is 2.85. The summed E-state index contributed by atoms with van der Waals surface area (Å²) in [6, 6.07) is 7.42. The van der Waals surface area contributed by atoms with Crippen LogP contribution in [0.25, 0.3) is 0 Å². The van der Waals surface area contributed by atoms with E-state index in [1.165, 1.54) is 0 Å². The Bertz CT molecular complexity index is 457. The first-order valence-electron chi connectivity index (χ1n) is 5.37. The lowest BCUT2D eigenvalue weighted by molar-refractivity contribution is -0.119. The molecule has 0 unspecified atom stereocenters. The number of nitrogens with one attached hydrogen (secondary N) is 2. The van der Waals surface area contributed by atoms with Crippen LogP contribution in [0.2, 0.25) is 0 Å². The molecule has 0 fully saturated rings. The fourth-order valence-electron chi connectivity index (χ4n) is 1.32. The van der Waals surface area contributed by atoms with Crippen LogP contribution >= 0.6 is 15.9 Å². The number of carbonyl (C=O) groups excluding carboxylic acids is 1. The topological polar surface area (TPSA) is 74.2 Å². The molecule has 0 spiro atoms. The predicted molar refractivity (Wildman–Crippen MR) is 72.2 cm³/mol. The zero-order valence-corrected chi connectivity index (χ0v) is 11.6. The fraction of sp³-hybridized carbons (Fsp3) is 0.333. The van der Waals surface area contributed by atoms with Gasteiger partial charge < -0.3 is 15.4 Å². The smallest absolute Gasteiger partial charge is 0.239 e. The summed E-state index contributed by atoms with van der Waals surface area (Å²) in [6.07, 6.45) is 0. The molecule has 0 atom stereocenters. The van der Waals surface area contributed by atoms with Crippen molar-refractivity contribution < 1.29 is 9.53 Å². The highest BCUT2D eigenvalue weighted by Gasteiger charge is 2.07. The van der Waals surface area contributed by atoms with Gasteiger partial charge in [-0.25, -0.2) is 0 Å². The molecule has 96 valence electrons. The van der Waals surface area contributed by atoms with Gasteiger partial charge in [-0.1, -0.05) is 6.07 Å². The minimum absolute atomic E-state index is 0.120. The molecule has 0 radical (unpaired) electrons. The van der Waals surface area contributed by atoms with Gasteiger partial charge in [-0.2, -0.15) is 5.26 Å². The molecule has 5 nitrogen and oxygen atoms in total. The SMILES string of the molecule is COCCNC(=O)CNc1cccc(Br)c1C#N. The van der Waals surface area contributed by atoms with Gasteiger partial charge in [-0.3, -0.25) is 4.79 Å². The zero-order chi connectivity index (χ0) is 13.4. The van der Waals surface area contributed by atoms with Gasteiger partial charge in [0, 0.05) is 18.1 Å². The van der Waals surface area contributed by atoms with Crippen molar-refractivity contribution in [1.29, 1.82) is 5.26 Å². The van der Waals surface area contributed by atoms with E-state index in [0.29, 0.717) is 28.9 Å². The summed E-state index contributed by atoms with van der Waals surface area (Å²) in [4.78, 5) is 11.5. The molecule has 18 heavy (non-hydrogen) atoms. The highest BCUT2D eigenvalue weighted by atomic mass is 79.9. The Morgan fingerprint density at radius 2 is 2.33 bits per heavy atom. The molecule has 0 aromatic heterocycles. The Balaban J connectivity index is 2.51. The van der Waals surface area contributed by atoms with Gasteiger partial charge in [0.1, 0.15) is 6.07 Å². The Labute approximate surface area is 114 Å². The van der Waals surface area contributed by atoms with Crippen LogP contribution in [0.15, 0.2) is 22.7 Å². The van der Waals surface area contributed by atoms with Crippen molar-refractivity contribution in [1.82, 2.24) is 5.32 Å². The summed E-state index contributed by atoms with van der Waals surface area (Å²) < 4.78 is 5.53. The molecular weight excluding hydrogens is 298 g/mol. The van der Waals surface area contributed by atoms with Gasteiger partial charge in [0.2, 0.25) is 5.91 Å². The first-order chi connectivity index (χ1) is 8.69. The van der Waals surface area contributed by atoms with Crippen LogP contribution in [0.3, 0.4) is 0 Å². The van der Waals surface area contributed by atoms with Gasteiger partial charge in [0.15, 0.2) is 0 Å². The molecule has 1 amide bonds. The van der Waals surface area contributed by atoms with Crippen LogP contribution in [0.1, 0.15) is 5.56 Å². The molecule has 0 bridgehead atoms. The first kappa shape index (κ1) is 14.5. The number of rotatable bonds is 6. The molecular formula is C12H14BrN3O2. The van der Waals surface area contributed by atoms with Crippen LogP contribution in [0.5, 0.6) is 0 Å². The normalized spacial score (nSPS) is 9.61. The molecule has 0 aliphatic rings. The molecule has 1 aromatic carbocycles. The Hall–Kier alpha value is -1.58. The molecule has 0 saturated carbocycles. The van der Waals surface area contributed by atoms with Gasteiger partial charge >= 0.3 is 0 Å². The lowest BCUT2D eigenvalue weighted by atomic mass is 10.2. The number of methoxy groups -OCH3 is 1. The molecule has 1 rings (SSSR count). The van der Waals surface area contributed by atoms with Crippen molar-refractivity contribution >= 4 is 27.5 Å². The number of hydrogen-bond acceptors (Lipinski definition) is 4. The standard InChI is InChI=1S/C12H14BrN3O2/c1-18-6-5-15-12(17)8-16-11-4-2-3-10(13)9(11)7-14/h2-4,16H,5-6,8H2,1H3,(H,15,17). The van der Waals surface area contributed by atoms with E-state index in [9.17, 15) is 4.79 Å². The monoisotopic (exact) mass is 311 g/mol. The summed E-state index contributed by atoms with van der Waals surface area (Å²) in [5.41, 5.74) is 1.12. The first-order valence-corrected chi connectivity index (χ1v) is 6.16. The number of ether oxygens (including phenoxy) is 1. The minimum atomic E-state index is -0.143. The number of hydrogen-bond donors (Lipinski definition) is 2. The lowest BCUT2D eigenvalue weighted by Crippen LogP contribution is -2.32. The van der Waals surface area contributed by atoms with E-state index in [4.69, 9.17) is 10.00 Å². The summed E-state index contributed by atoms with van der Waals surface area (Å²) >= 11 is 3.29. The Kier molecular flexibility index (Phi) is 6.19. The van der Waals surface area contributed by atoms with Crippen LogP contribution in [0.4, 0.5) is 5.69 Å². The van der Waals surface area contributed by atoms with Crippen LogP contribution in [0, 0.1) is 11.3 Å². The van der Waals surface area contributed by atoms with E-state index in [2.05, 4.69) is 32.6 Å². The minimum Gasteiger partial charge on any atom is -0.383 e. The number of anilines is 1. The van der Waals surface area contributed by atoms with Gasteiger partial charge in [0.25, 0.3) is 0 Å². The molecule has 6 heteroatoms. The second-order valence-electron chi connectivity index (χ2n) is 3.47. The van der Waals surface area contributed by atoms with E-state index in [1.807, 2.05) is 0 Å². The van der Waals surface area contributed by atoms with E-state index >= 15 is 0 Å². The number of carbonyl (C=O) groups is 1. The van der Waals surface area contributed by atoms with Crippen molar-refractivity contribution in [2.45, 2.75) is 0 Å². The third kappa shape index (κ3) is 4.35. The van der Waals surface area contributed by atoms with Crippen LogP contribution in [-0.2, 0) is 9.53 Å². The molecule has 0 aliphatic carbocycles. The molecule has 0 aliphatic heterocycles. The quantitative estimate of drug-likeness (QED) is 0.781. The Morgan fingerprint density at radius 3 is 3.00 bits per heavy atom. The molecule has 0 heterocycles. The average Bonchev–Trinajstić information content (AvgIpc) is 2.36. The van der Waals surface area contributed by atoms with E-state index in [0.717, 1.165) is 0 Å². The largest absolute Gasteiger partial charge is 0.383 e. The molecule has 0 saturated heterocycles. The van der Waals surface area contributed by atoms with Crippen LogP contribution in [-0.4, -0.2) is 32.7 Å². The van der Waals surface area contributed by atoms with Crippen molar-refractivity contribution in [3.63, 3.8) is 0 Å². The second kappa shape index (κ2) is 7.69. The van der Waals surface area contributed by atoms with Crippen molar-refractivity contribution in [3.8, 4) is 6.07 Å². The van der Waals surface area contributed by atoms with Crippen molar-refractivity contribution in [2.75, 3.05) is 32.1 Å². The van der Waals surface area contributed by atoms with E-state index in [-0.39, 0.29) is 12.5 Å². The summed E-state index contributed by atoms with van der Waals surface area (Å²) in [5, 5.41) is 14.6. The Morgan fingerprint density at radius 1 is 1.56 bits per heavy atom. The number of nitriles is 1. The zero-order valence-electron chi connectivity index (χ0n) is 10.00. The lowest BCUT2D eigenvalue weighted by Gasteiger charge is -2.09. The number of nitrogens with zero attached hydrogens (tertiary/aromatic N) is 1. The number of benzene rings is 1. The van der Waals surface area contributed by atoms with Gasteiger partial charge in [-0.15, -0.1) is 0 Å². The fourth-order valence-corrected chi connectivity index (χ4v) is 1.77. The number of halogens is 1. The third-order valence-electron chi connectivity index (χ3n) is 2.19. The van der Waals surface area contributed by atoms with E-state index < -0.39 is 0 Å². The predicted octanol–water partition coefficient (Wildman–Crippen LogP) is 1.50. The number of amides is 1. The maximum Gasteiger partial charge on any atom is 0.239 e. The van der Waals surface area contributed by atoms with Gasteiger partial charge in [-0.05, 0) is 28.1 Å². The van der Waals surface area contributed by atoms with E-state index in [1.54, 1.807) is 25.3 Å².